The van der Waals surface area contributed by atoms with Gasteiger partial charge < -0.3 is 10.4 Å². The van der Waals surface area contributed by atoms with Crippen LogP contribution in [0.4, 0.5) is 18.0 Å². The lowest BCUT2D eigenvalue weighted by molar-refractivity contribution is 0.151. The summed E-state index contributed by atoms with van der Waals surface area (Å²) in [5.74, 6) is -1.20. The van der Waals surface area contributed by atoms with E-state index >= 15 is 0 Å². The fourth-order valence-electron chi connectivity index (χ4n) is 3.61. The summed E-state index contributed by atoms with van der Waals surface area (Å²) in [7, 11) is 0. The number of carboxylic acid groups (broad SMARTS) is 1. The first-order valence-corrected chi connectivity index (χ1v) is 9.34. The third kappa shape index (κ3) is 3.82. The third-order valence-electron chi connectivity index (χ3n) is 5.11. The molecule has 0 radical (unpaired) electrons. The molecule has 3 aromatic rings. The molecule has 0 aliphatic heterocycles. The van der Waals surface area contributed by atoms with Gasteiger partial charge in [0.25, 0.3) is 12.0 Å². The summed E-state index contributed by atoms with van der Waals surface area (Å²) in [6.07, 6.45) is -3.01. The summed E-state index contributed by atoms with van der Waals surface area (Å²) < 4.78 is 41.6. The van der Waals surface area contributed by atoms with E-state index < -0.39 is 35.5 Å². The van der Waals surface area contributed by atoms with Crippen LogP contribution in [-0.2, 0) is 0 Å². The van der Waals surface area contributed by atoms with Gasteiger partial charge in [0.2, 0.25) is 0 Å². The molecule has 1 amide bonds. The normalized spacial score (nSPS) is 14.4. The molecule has 7 nitrogen and oxygen atoms in total. The molecule has 2 N–H and O–H groups in total. The Morgan fingerprint density at radius 2 is 2.03 bits per heavy atom. The van der Waals surface area contributed by atoms with E-state index in [1.54, 1.807) is 0 Å². The first-order chi connectivity index (χ1) is 14.8. The van der Waals surface area contributed by atoms with Gasteiger partial charge in [0, 0.05) is 5.56 Å². The SMILES string of the molecule is N#Cc1cccc2nc(C(NC(=O)O)C3CC3)n(-c3cc(F)cc(C(F)F)c3)c(=O)c12. The number of carbonyl (C=O) groups is 1. The molecule has 1 unspecified atom stereocenters. The van der Waals surface area contributed by atoms with E-state index in [4.69, 9.17) is 0 Å². The number of hydrogen-bond donors (Lipinski definition) is 2. The highest BCUT2D eigenvalue weighted by molar-refractivity contribution is 5.84. The Hall–Kier alpha value is -3.87. The van der Waals surface area contributed by atoms with Gasteiger partial charge in [0.05, 0.1) is 28.2 Å². The number of hydrogen-bond acceptors (Lipinski definition) is 4. The van der Waals surface area contributed by atoms with Gasteiger partial charge in [-0.1, -0.05) is 6.07 Å². The Morgan fingerprint density at radius 1 is 1.29 bits per heavy atom. The predicted octanol–water partition coefficient (Wildman–Crippen LogP) is 4.05. The van der Waals surface area contributed by atoms with Crippen molar-refractivity contribution in [1.29, 1.82) is 5.26 Å². The van der Waals surface area contributed by atoms with Crippen molar-refractivity contribution in [2.45, 2.75) is 25.3 Å². The Bertz CT molecular complexity index is 1300. The first kappa shape index (κ1) is 20.4. The molecule has 158 valence electrons. The molecule has 1 saturated carbocycles. The minimum Gasteiger partial charge on any atom is -0.465 e. The van der Waals surface area contributed by atoms with Crippen molar-refractivity contribution in [3.63, 3.8) is 0 Å². The maximum atomic E-state index is 14.1. The zero-order valence-electron chi connectivity index (χ0n) is 15.8. The van der Waals surface area contributed by atoms with E-state index in [1.165, 1.54) is 18.2 Å². The fourth-order valence-corrected chi connectivity index (χ4v) is 3.61. The number of nitrogens with one attached hydrogen (secondary N) is 1. The molecule has 1 aromatic heterocycles. The zero-order valence-corrected chi connectivity index (χ0v) is 15.8. The average Bonchev–Trinajstić information content (AvgIpc) is 3.55. The molecule has 1 aliphatic carbocycles. The molecular formula is C21H15F3N4O3. The lowest BCUT2D eigenvalue weighted by Gasteiger charge is -2.22. The maximum Gasteiger partial charge on any atom is 0.405 e. The molecule has 1 atom stereocenters. The topological polar surface area (TPSA) is 108 Å². The molecule has 31 heavy (non-hydrogen) atoms. The molecular weight excluding hydrogens is 413 g/mol. The van der Waals surface area contributed by atoms with Crippen LogP contribution < -0.4 is 10.9 Å². The molecule has 0 spiro atoms. The van der Waals surface area contributed by atoms with E-state index in [0.29, 0.717) is 18.9 Å². The minimum atomic E-state index is -2.99. The number of rotatable bonds is 5. The molecule has 1 heterocycles. The van der Waals surface area contributed by atoms with Crippen molar-refractivity contribution >= 4 is 17.0 Å². The second kappa shape index (κ2) is 7.75. The maximum absolute atomic E-state index is 14.1. The summed E-state index contributed by atoms with van der Waals surface area (Å²) in [6, 6.07) is 7.89. The van der Waals surface area contributed by atoms with Crippen molar-refractivity contribution in [2.24, 2.45) is 5.92 Å². The van der Waals surface area contributed by atoms with Gasteiger partial charge in [-0.05, 0) is 49.1 Å². The minimum absolute atomic E-state index is 0.00921. The van der Waals surface area contributed by atoms with Crippen LogP contribution in [-0.4, -0.2) is 20.8 Å². The van der Waals surface area contributed by atoms with Crippen molar-refractivity contribution < 1.29 is 23.1 Å². The van der Waals surface area contributed by atoms with Crippen LogP contribution in [0.5, 0.6) is 0 Å². The second-order valence-corrected chi connectivity index (χ2v) is 7.23. The quantitative estimate of drug-likeness (QED) is 0.637. The number of nitrogens with zero attached hydrogens (tertiary/aromatic N) is 3. The number of alkyl halides is 2. The monoisotopic (exact) mass is 428 g/mol. The number of benzene rings is 2. The standard InChI is InChI=1S/C21H15F3N4O3/c22-13-6-12(18(23)24)7-14(8-13)28-19(17(10-4-5-10)27-21(30)31)26-15-3-1-2-11(9-25)16(15)20(28)29/h1-3,6-8,10,17-18,27H,4-5H2,(H,30,31). The highest BCUT2D eigenvalue weighted by Gasteiger charge is 2.37. The molecule has 0 bridgehead atoms. The van der Waals surface area contributed by atoms with Crippen LogP contribution in [0.3, 0.4) is 0 Å². The van der Waals surface area contributed by atoms with Gasteiger partial charge in [0.15, 0.2) is 0 Å². The average molecular weight is 428 g/mol. The Kier molecular flexibility index (Phi) is 5.10. The molecule has 10 heteroatoms. The molecule has 4 rings (SSSR count). The van der Waals surface area contributed by atoms with Crippen LogP contribution >= 0.6 is 0 Å². The lowest BCUT2D eigenvalue weighted by Crippen LogP contribution is -2.35. The molecule has 2 aromatic carbocycles. The van der Waals surface area contributed by atoms with Gasteiger partial charge >= 0.3 is 6.09 Å². The van der Waals surface area contributed by atoms with E-state index in [0.717, 1.165) is 16.7 Å². The van der Waals surface area contributed by atoms with Gasteiger partial charge in [-0.25, -0.2) is 22.9 Å². The van der Waals surface area contributed by atoms with E-state index in [-0.39, 0.29) is 33.9 Å². The van der Waals surface area contributed by atoms with Gasteiger partial charge in [-0.2, -0.15) is 5.26 Å². The van der Waals surface area contributed by atoms with Gasteiger partial charge in [-0.3, -0.25) is 9.36 Å². The van der Waals surface area contributed by atoms with Crippen LogP contribution in [0.2, 0.25) is 0 Å². The van der Waals surface area contributed by atoms with Crippen LogP contribution in [0.15, 0.2) is 41.2 Å². The van der Waals surface area contributed by atoms with E-state index in [2.05, 4.69) is 10.3 Å². The van der Waals surface area contributed by atoms with Crippen molar-refractivity contribution in [3.05, 3.63) is 69.5 Å². The smallest absolute Gasteiger partial charge is 0.405 e. The number of halogens is 3. The van der Waals surface area contributed by atoms with Crippen molar-refractivity contribution in [2.75, 3.05) is 0 Å². The highest BCUT2D eigenvalue weighted by atomic mass is 19.3. The predicted molar refractivity (Wildman–Crippen MR) is 104 cm³/mol. The fraction of sp³-hybridized carbons (Fsp3) is 0.238. The summed E-state index contributed by atoms with van der Waals surface area (Å²) in [4.78, 5) is 29.2. The largest absolute Gasteiger partial charge is 0.465 e. The second-order valence-electron chi connectivity index (χ2n) is 7.23. The van der Waals surface area contributed by atoms with Crippen LogP contribution in [0.25, 0.3) is 16.6 Å². The summed E-state index contributed by atoms with van der Waals surface area (Å²) in [6.45, 7) is 0. The number of amides is 1. The van der Waals surface area contributed by atoms with Crippen LogP contribution in [0.1, 0.15) is 42.3 Å². The van der Waals surface area contributed by atoms with Crippen molar-refractivity contribution in [3.8, 4) is 11.8 Å². The van der Waals surface area contributed by atoms with Crippen molar-refractivity contribution in [1.82, 2.24) is 14.9 Å². The van der Waals surface area contributed by atoms with E-state index in [9.17, 15) is 33.1 Å². The zero-order chi connectivity index (χ0) is 22.3. The highest BCUT2D eigenvalue weighted by Crippen LogP contribution is 2.41. The molecule has 1 fully saturated rings. The Balaban J connectivity index is 2.09. The summed E-state index contributed by atoms with van der Waals surface area (Å²) >= 11 is 0. The first-order valence-electron chi connectivity index (χ1n) is 9.34. The van der Waals surface area contributed by atoms with Crippen LogP contribution in [0, 0.1) is 23.1 Å². The number of fused-ring (bicyclic) bond motifs is 1. The molecule has 1 aliphatic rings. The van der Waals surface area contributed by atoms with Gasteiger partial charge in [0.1, 0.15) is 17.7 Å². The number of nitriles is 1. The Labute approximate surface area is 173 Å². The lowest BCUT2D eigenvalue weighted by atomic mass is 10.1. The molecule has 0 saturated heterocycles. The Morgan fingerprint density at radius 3 is 2.65 bits per heavy atom. The van der Waals surface area contributed by atoms with E-state index in [1.807, 2.05) is 6.07 Å². The number of aromatic nitrogens is 2. The summed E-state index contributed by atoms with van der Waals surface area (Å²) in [5.41, 5.74) is -1.49. The third-order valence-corrected chi connectivity index (χ3v) is 5.11. The summed E-state index contributed by atoms with van der Waals surface area (Å²) in [5, 5.41) is 20.9. The van der Waals surface area contributed by atoms with Gasteiger partial charge in [-0.15, -0.1) is 0 Å².